The minimum Gasteiger partial charge on any atom is -0.457 e. The summed E-state index contributed by atoms with van der Waals surface area (Å²) in [5.41, 5.74) is 1.79. The second-order valence-electron chi connectivity index (χ2n) is 10.6. The molecule has 1 unspecified atom stereocenters. The van der Waals surface area contributed by atoms with Gasteiger partial charge in [0.2, 0.25) is 0 Å². The van der Waals surface area contributed by atoms with Crippen LogP contribution in [0.25, 0.3) is 28.2 Å². The van der Waals surface area contributed by atoms with Gasteiger partial charge in [0.05, 0.1) is 19.3 Å². The van der Waals surface area contributed by atoms with Crippen molar-refractivity contribution in [1.29, 1.82) is 5.26 Å². The summed E-state index contributed by atoms with van der Waals surface area (Å²) in [6.45, 7) is 6.92. The van der Waals surface area contributed by atoms with Gasteiger partial charge in [0.1, 0.15) is 35.8 Å². The van der Waals surface area contributed by atoms with E-state index in [9.17, 15) is 29.0 Å². The Morgan fingerprint density at radius 3 is 2.56 bits per heavy atom. The Labute approximate surface area is 250 Å². The number of morpholine rings is 1. The lowest BCUT2D eigenvalue weighted by molar-refractivity contribution is -0.244. The zero-order chi connectivity index (χ0) is 30.6. The Morgan fingerprint density at radius 1 is 1.07 bits per heavy atom. The van der Waals surface area contributed by atoms with E-state index in [4.69, 9.17) is 13.9 Å². The number of aliphatic hydroxyl groups excluding tert-OH is 3. The number of furan rings is 1. The van der Waals surface area contributed by atoms with E-state index in [1.807, 2.05) is 30.3 Å². The number of hydrogen-bond donors (Lipinski definition) is 5. The fraction of sp³-hybridized carbons (Fsp3) is 0.433. The Bertz CT molecular complexity index is 1590. The summed E-state index contributed by atoms with van der Waals surface area (Å²) in [6, 6.07) is 15.2. The molecular formula is C30H36N4O8S. The molecule has 3 aromatic rings. The first-order chi connectivity index (χ1) is 20.7. The van der Waals surface area contributed by atoms with Crippen molar-refractivity contribution in [2.45, 2.75) is 44.0 Å². The maximum Gasteiger partial charge on any atom is 0.251 e. The van der Waals surface area contributed by atoms with Crippen molar-refractivity contribution in [3.05, 3.63) is 59.2 Å². The summed E-state index contributed by atoms with van der Waals surface area (Å²) < 4.78 is 44.5. The number of anilines is 1. The first-order valence-electron chi connectivity index (χ1n) is 14.2. The van der Waals surface area contributed by atoms with Gasteiger partial charge in [-0.15, -0.1) is 0 Å². The van der Waals surface area contributed by atoms with Gasteiger partial charge < -0.3 is 34.5 Å². The molecule has 2 fully saturated rings. The zero-order valence-electron chi connectivity index (χ0n) is 23.7. The number of allylic oxidation sites excluding steroid dienone is 1. The number of ether oxygens (including phenoxy) is 2. The van der Waals surface area contributed by atoms with Gasteiger partial charge in [0.25, 0.3) is 10.0 Å². The van der Waals surface area contributed by atoms with Crippen LogP contribution >= 0.6 is 0 Å². The number of nitrogens with zero attached hydrogens (tertiary/aromatic N) is 2. The minimum atomic E-state index is -4.52. The Hall–Kier alpha value is -3.32. The zero-order valence-corrected chi connectivity index (χ0v) is 24.5. The lowest BCUT2D eigenvalue weighted by Crippen LogP contribution is -2.63. The molecule has 0 amide bonds. The predicted octanol–water partition coefficient (Wildman–Crippen LogP) is 1.85. The number of nitrogens with one attached hydrogen (secondary N) is 2. The number of nitriles is 1. The van der Waals surface area contributed by atoms with Crippen molar-refractivity contribution in [3.8, 4) is 17.4 Å². The molecule has 0 bridgehead atoms. The third kappa shape index (κ3) is 7.26. The molecule has 230 valence electrons. The van der Waals surface area contributed by atoms with Crippen molar-refractivity contribution >= 4 is 32.6 Å². The maximum absolute atomic E-state index is 13.0. The van der Waals surface area contributed by atoms with Crippen LogP contribution in [-0.4, -0.2) is 98.7 Å². The summed E-state index contributed by atoms with van der Waals surface area (Å²) in [7, 11) is -4.52. The van der Waals surface area contributed by atoms with Crippen LogP contribution in [0.2, 0.25) is 0 Å². The average Bonchev–Trinajstić information content (AvgIpc) is 3.49. The van der Waals surface area contributed by atoms with Crippen molar-refractivity contribution in [1.82, 2.24) is 9.62 Å². The molecule has 13 heteroatoms. The van der Waals surface area contributed by atoms with E-state index in [-0.39, 0.29) is 5.76 Å². The standard InChI is InChI=1S/C30H36N4O8S/c1-2-25-28(35)29(36)27(30(37)42-25)33-43(38,39)24(18-31)17-23-7-8-26(41-23)21-4-3-20-16-22(6-5-19(20)15-21)32-9-10-34-11-13-40-14-12-34/h3-8,15-17,25,27-30,32-33,35-37H,2,9-14H2,1H3/b24-17+/t25-,27-,28-,29-,30?/m1/s1. The van der Waals surface area contributed by atoms with Gasteiger partial charge in [-0.3, -0.25) is 4.90 Å². The number of sulfonamides is 1. The van der Waals surface area contributed by atoms with E-state index in [0.717, 1.165) is 67.5 Å². The van der Waals surface area contributed by atoms with E-state index >= 15 is 0 Å². The first kappa shape index (κ1) is 31.1. The largest absolute Gasteiger partial charge is 0.457 e. The quantitative estimate of drug-likeness (QED) is 0.211. The van der Waals surface area contributed by atoms with Crippen LogP contribution in [0.5, 0.6) is 0 Å². The topological polar surface area (TPSA) is 178 Å². The van der Waals surface area contributed by atoms with Gasteiger partial charge in [0.15, 0.2) is 11.2 Å². The smallest absolute Gasteiger partial charge is 0.251 e. The predicted molar refractivity (Wildman–Crippen MR) is 160 cm³/mol. The number of aliphatic hydroxyl groups is 3. The van der Waals surface area contributed by atoms with Gasteiger partial charge in [0, 0.05) is 43.5 Å². The highest BCUT2D eigenvalue weighted by atomic mass is 32.2. The van der Waals surface area contributed by atoms with Crippen LogP contribution < -0.4 is 10.0 Å². The molecule has 5 rings (SSSR count). The fourth-order valence-corrected chi connectivity index (χ4v) is 6.36. The number of benzene rings is 2. The normalized spacial score (nSPS) is 25.5. The lowest BCUT2D eigenvalue weighted by Gasteiger charge is -2.40. The first-order valence-corrected chi connectivity index (χ1v) is 15.7. The van der Waals surface area contributed by atoms with Gasteiger partial charge in [-0.2, -0.15) is 9.98 Å². The van der Waals surface area contributed by atoms with Gasteiger partial charge in [-0.25, -0.2) is 8.42 Å². The van der Waals surface area contributed by atoms with Crippen LogP contribution in [0.1, 0.15) is 19.1 Å². The summed E-state index contributed by atoms with van der Waals surface area (Å²) in [6.07, 6.45) is -4.30. The van der Waals surface area contributed by atoms with Crippen molar-refractivity contribution in [2.75, 3.05) is 44.7 Å². The van der Waals surface area contributed by atoms with Crippen LogP contribution in [0, 0.1) is 11.3 Å². The van der Waals surface area contributed by atoms with E-state index < -0.39 is 45.6 Å². The van der Waals surface area contributed by atoms with Gasteiger partial charge >= 0.3 is 0 Å². The molecule has 5 atom stereocenters. The van der Waals surface area contributed by atoms with Crippen LogP contribution in [0.15, 0.2) is 57.9 Å². The second kappa shape index (κ2) is 13.5. The molecule has 3 heterocycles. The molecule has 43 heavy (non-hydrogen) atoms. The monoisotopic (exact) mass is 612 g/mol. The Balaban J connectivity index is 1.26. The Kier molecular flexibility index (Phi) is 9.80. The molecule has 0 aliphatic carbocycles. The molecule has 12 nitrogen and oxygen atoms in total. The van der Waals surface area contributed by atoms with Crippen LogP contribution in [0.3, 0.4) is 0 Å². The second-order valence-corrected chi connectivity index (χ2v) is 12.3. The summed E-state index contributed by atoms with van der Waals surface area (Å²) in [5, 5.41) is 45.9. The highest BCUT2D eigenvalue weighted by Gasteiger charge is 2.45. The van der Waals surface area contributed by atoms with Gasteiger partial charge in [-0.05, 0) is 47.5 Å². The Morgan fingerprint density at radius 2 is 1.81 bits per heavy atom. The molecule has 2 aliphatic rings. The van der Waals surface area contributed by atoms with Crippen molar-refractivity contribution in [3.63, 3.8) is 0 Å². The highest BCUT2D eigenvalue weighted by Crippen LogP contribution is 2.29. The molecule has 2 aromatic carbocycles. The van der Waals surface area contributed by atoms with E-state index in [0.29, 0.717) is 12.2 Å². The number of fused-ring (bicyclic) bond motifs is 1. The molecule has 0 radical (unpaired) electrons. The third-order valence-electron chi connectivity index (χ3n) is 7.70. The van der Waals surface area contributed by atoms with Gasteiger partial charge in [-0.1, -0.05) is 25.1 Å². The molecule has 0 spiro atoms. The van der Waals surface area contributed by atoms with E-state index in [2.05, 4.69) is 21.0 Å². The molecule has 2 aliphatic heterocycles. The van der Waals surface area contributed by atoms with Crippen LogP contribution in [0.4, 0.5) is 5.69 Å². The highest BCUT2D eigenvalue weighted by molar-refractivity contribution is 7.93. The number of hydrogen-bond acceptors (Lipinski definition) is 11. The number of rotatable bonds is 10. The fourth-order valence-electron chi connectivity index (χ4n) is 5.23. The van der Waals surface area contributed by atoms with E-state index in [1.54, 1.807) is 19.1 Å². The molecule has 5 N–H and O–H groups in total. The van der Waals surface area contributed by atoms with Crippen LogP contribution in [-0.2, 0) is 19.5 Å². The molecular weight excluding hydrogens is 576 g/mol. The summed E-state index contributed by atoms with van der Waals surface area (Å²) in [5.74, 6) is 0.590. The molecule has 2 saturated heterocycles. The summed E-state index contributed by atoms with van der Waals surface area (Å²) >= 11 is 0. The summed E-state index contributed by atoms with van der Waals surface area (Å²) in [4.78, 5) is 1.67. The van der Waals surface area contributed by atoms with Crippen molar-refractivity contribution in [2.24, 2.45) is 0 Å². The lowest BCUT2D eigenvalue weighted by atomic mass is 9.96. The molecule has 1 aromatic heterocycles. The van der Waals surface area contributed by atoms with E-state index in [1.165, 1.54) is 6.07 Å². The molecule has 0 saturated carbocycles. The van der Waals surface area contributed by atoms with Crippen molar-refractivity contribution < 1.29 is 37.6 Å². The average molecular weight is 613 g/mol. The maximum atomic E-state index is 13.0. The SMILES string of the molecule is CC[C@H]1OC(O)[C@H](NS(=O)(=O)/C(C#N)=C/c2ccc(-c3ccc4cc(NCCN5CCOCC5)ccc4c3)o2)[C@@H](O)[C@@H]1O. The third-order valence-corrected chi connectivity index (χ3v) is 9.07. The minimum absolute atomic E-state index is 0.115.